The highest BCUT2D eigenvalue weighted by Gasteiger charge is 2.45. The molecule has 3 amide bonds. The number of imide groups is 1. The number of methoxy groups -OCH3 is 1. The van der Waals surface area contributed by atoms with Gasteiger partial charge in [0, 0.05) is 11.4 Å². The number of benzene rings is 2. The summed E-state index contributed by atoms with van der Waals surface area (Å²) in [5.74, 6) is -2.26. The normalized spacial score (nSPS) is 17.9. The van der Waals surface area contributed by atoms with E-state index in [4.69, 9.17) is 21.1 Å². The van der Waals surface area contributed by atoms with Crippen molar-refractivity contribution in [1.29, 1.82) is 0 Å². The Labute approximate surface area is 216 Å². The zero-order valence-corrected chi connectivity index (χ0v) is 21.9. The standard InChI is InChI=1S/C27H31ClN2O6/c1-17-9-6-7-12-20(17)24-21(13-14-22(31)29(24)16-23(32)35-5)25(33)30(26(34)36-27(2,3)4)19-11-8-10-18(28)15-19/h6-12,15,21,24H,13-14,16H2,1-5H3/t21-,24-/m0/s1. The Kier molecular flexibility index (Phi) is 8.40. The van der Waals surface area contributed by atoms with Crippen LogP contribution in [0.15, 0.2) is 48.5 Å². The summed E-state index contributed by atoms with van der Waals surface area (Å²) in [6.45, 7) is 6.67. The van der Waals surface area contributed by atoms with E-state index >= 15 is 0 Å². The topological polar surface area (TPSA) is 93.2 Å². The maximum atomic E-state index is 14.2. The molecule has 36 heavy (non-hydrogen) atoms. The summed E-state index contributed by atoms with van der Waals surface area (Å²) in [6, 6.07) is 12.9. The number of hydrogen-bond donors (Lipinski definition) is 0. The second-order valence-electron chi connectivity index (χ2n) is 9.68. The average molecular weight is 515 g/mol. The highest BCUT2D eigenvalue weighted by Crippen LogP contribution is 2.40. The van der Waals surface area contributed by atoms with Crippen molar-refractivity contribution in [2.24, 2.45) is 5.92 Å². The van der Waals surface area contributed by atoms with Gasteiger partial charge in [0.2, 0.25) is 11.8 Å². The third-order valence-corrected chi connectivity index (χ3v) is 6.16. The lowest BCUT2D eigenvalue weighted by Crippen LogP contribution is -2.52. The third-order valence-electron chi connectivity index (χ3n) is 5.92. The number of carbonyl (C=O) groups is 4. The molecule has 1 saturated heterocycles. The molecule has 1 heterocycles. The number of hydrogen-bond acceptors (Lipinski definition) is 6. The maximum absolute atomic E-state index is 14.2. The van der Waals surface area contributed by atoms with Crippen molar-refractivity contribution in [3.63, 3.8) is 0 Å². The molecule has 2 aromatic rings. The van der Waals surface area contributed by atoms with Gasteiger partial charge in [0.05, 0.1) is 24.8 Å². The van der Waals surface area contributed by atoms with Crippen LogP contribution < -0.4 is 4.90 Å². The molecule has 0 N–H and O–H groups in total. The van der Waals surface area contributed by atoms with E-state index in [1.165, 1.54) is 18.1 Å². The van der Waals surface area contributed by atoms with Gasteiger partial charge in [-0.05, 0) is 63.4 Å². The van der Waals surface area contributed by atoms with Gasteiger partial charge in [-0.2, -0.15) is 0 Å². The highest BCUT2D eigenvalue weighted by atomic mass is 35.5. The summed E-state index contributed by atoms with van der Waals surface area (Å²) in [5, 5.41) is 0.343. The van der Waals surface area contributed by atoms with Crippen LogP contribution in [0.4, 0.5) is 10.5 Å². The minimum absolute atomic E-state index is 0.0352. The molecule has 0 spiro atoms. The van der Waals surface area contributed by atoms with E-state index in [1.807, 2.05) is 31.2 Å². The molecule has 0 radical (unpaired) electrons. The summed E-state index contributed by atoms with van der Waals surface area (Å²) >= 11 is 6.18. The van der Waals surface area contributed by atoms with Crippen LogP contribution in [0.1, 0.15) is 50.8 Å². The monoisotopic (exact) mass is 514 g/mol. The summed E-state index contributed by atoms with van der Waals surface area (Å²) in [7, 11) is 1.24. The number of esters is 1. The molecule has 2 aromatic carbocycles. The summed E-state index contributed by atoms with van der Waals surface area (Å²) in [6.07, 6.45) is -0.628. The minimum Gasteiger partial charge on any atom is -0.468 e. The number of likely N-dealkylation sites (tertiary alicyclic amines) is 1. The Hall–Kier alpha value is -3.39. The van der Waals surface area contributed by atoms with Crippen LogP contribution in [0.25, 0.3) is 0 Å². The van der Waals surface area contributed by atoms with Crippen LogP contribution in [-0.4, -0.2) is 48.0 Å². The molecule has 0 aromatic heterocycles. The fourth-order valence-electron chi connectivity index (χ4n) is 4.32. The van der Waals surface area contributed by atoms with Gasteiger partial charge in [-0.3, -0.25) is 14.4 Å². The van der Waals surface area contributed by atoms with Crippen molar-refractivity contribution >= 4 is 41.2 Å². The second-order valence-corrected chi connectivity index (χ2v) is 10.1. The first-order valence-electron chi connectivity index (χ1n) is 11.7. The number of rotatable bonds is 5. The van der Waals surface area contributed by atoms with Crippen molar-refractivity contribution in [2.45, 2.75) is 52.2 Å². The van der Waals surface area contributed by atoms with E-state index < -0.39 is 35.5 Å². The third kappa shape index (κ3) is 6.23. The molecule has 1 aliphatic heterocycles. The summed E-state index contributed by atoms with van der Waals surface area (Å²) in [4.78, 5) is 55.0. The zero-order chi connectivity index (χ0) is 26.6. The molecular formula is C27H31ClN2O6. The van der Waals surface area contributed by atoms with Gasteiger partial charge < -0.3 is 14.4 Å². The molecule has 0 saturated carbocycles. The molecule has 0 unspecified atom stereocenters. The first-order valence-corrected chi connectivity index (χ1v) is 12.0. The number of piperidine rings is 1. The van der Waals surface area contributed by atoms with E-state index in [2.05, 4.69) is 0 Å². The van der Waals surface area contributed by atoms with Crippen molar-refractivity contribution in [2.75, 3.05) is 18.6 Å². The van der Waals surface area contributed by atoms with Crippen LogP contribution in [0.3, 0.4) is 0 Å². The summed E-state index contributed by atoms with van der Waals surface area (Å²) < 4.78 is 10.4. The van der Waals surface area contributed by atoms with Crippen LogP contribution in [0, 0.1) is 12.8 Å². The van der Waals surface area contributed by atoms with Gasteiger partial charge in [-0.25, -0.2) is 9.69 Å². The Bertz CT molecular complexity index is 1160. The first kappa shape index (κ1) is 27.2. The molecule has 192 valence electrons. The number of amides is 3. The number of ether oxygens (including phenoxy) is 2. The maximum Gasteiger partial charge on any atom is 0.421 e. The van der Waals surface area contributed by atoms with Gasteiger partial charge in [0.25, 0.3) is 0 Å². The zero-order valence-electron chi connectivity index (χ0n) is 21.1. The number of anilines is 1. The first-order chi connectivity index (χ1) is 16.9. The molecular weight excluding hydrogens is 484 g/mol. The van der Waals surface area contributed by atoms with Crippen molar-refractivity contribution in [3.8, 4) is 0 Å². The molecule has 1 fully saturated rings. The lowest BCUT2D eigenvalue weighted by molar-refractivity contribution is -0.153. The highest BCUT2D eigenvalue weighted by molar-refractivity contribution is 6.31. The SMILES string of the molecule is COC(=O)CN1C(=O)CC[C@H](C(=O)N(C(=O)OC(C)(C)C)c2cccc(Cl)c2)[C@@H]1c1ccccc1C. The Morgan fingerprint density at radius 3 is 2.42 bits per heavy atom. The molecule has 2 atom stereocenters. The second kappa shape index (κ2) is 11.1. The number of aryl methyl sites for hydroxylation is 1. The van der Waals surface area contributed by atoms with E-state index in [-0.39, 0.29) is 31.0 Å². The molecule has 3 rings (SSSR count). The number of carbonyl (C=O) groups excluding carboxylic acids is 4. The van der Waals surface area contributed by atoms with Gasteiger partial charge >= 0.3 is 12.1 Å². The number of halogens is 1. The smallest absolute Gasteiger partial charge is 0.421 e. The van der Waals surface area contributed by atoms with E-state index in [0.29, 0.717) is 10.6 Å². The molecule has 9 heteroatoms. The Morgan fingerprint density at radius 1 is 1.11 bits per heavy atom. The van der Waals surface area contributed by atoms with Gasteiger partial charge in [0.1, 0.15) is 12.1 Å². The Morgan fingerprint density at radius 2 is 1.81 bits per heavy atom. The van der Waals surface area contributed by atoms with Gasteiger partial charge in [-0.1, -0.05) is 41.9 Å². The molecule has 8 nitrogen and oxygen atoms in total. The van der Waals surface area contributed by atoms with Gasteiger partial charge in [0.15, 0.2) is 0 Å². The average Bonchev–Trinajstić information content (AvgIpc) is 2.79. The van der Waals surface area contributed by atoms with Crippen LogP contribution in [-0.2, 0) is 23.9 Å². The van der Waals surface area contributed by atoms with Crippen molar-refractivity contribution in [1.82, 2.24) is 4.90 Å². The Balaban J connectivity index is 2.13. The molecule has 0 bridgehead atoms. The minimum atomic E-state index is -0.858. The predicted molar refractivity (Wildman–Crippen MR) is 136 cm³/mol. The van der Waals surface area contributed by atoms with E-state index in [1.54, 1.807) is 39.0 Å². The van der Waals surface area contributed by atoms with Crippen LogP contribution in [0.2, 0.25) is 5.02 Å². The van der Waals surface area contributed by atoms with Gasteiger partial charge in [-0.15, -0.1) is 0 Å². The lowest BCUT2D eigenvalue weighted by atomic mass is 9.81. The van der Waals surface area contributed by atoms with Crippen molar-refractivity contribution in [3.05, 3.63) is 64.7 Å². The largest absolute Gasteiger partial charge is 0.468 e. The quantitative estimate of drug-likeness (QED) is 0.517. The van der Waals surface area contributed by atoms with E-state index in [9.17, 15) is 19.2 Å². The van der Waals surface area contributed by atoms with E-state index in [0.717, 1.165) is 10.5 Å². The predicted octanol–water partition coefficient (Wildman–Crippen LogP) is 5.07. The molecule has 1 aliphatic rings. The number of nitrogens with zero attached hydrogens (tertiary/aromatic N) is 2. The molecule has 0 aliphatic carbocycles. The van der Waals surface area contributed by atoms with Crippen molar-refractivity contribution < 1.29 is 28.7 Å². The summed E-state index contributed by atoms with van der Waals surface area (Å²) in [5.41, 5.74) is 0.949. The van der Waals surface area contributed by atoms with Crippen LogP contribution >= 0.6 is 11.6 Å². The lowest BCUT2D eigenvalue weighted by Gasteiger charge is -2.42. The fraction of sp³-hybridized carbons (Fsp3) is 0.407. The fourth-order valence-corrected chi connectivity index (χ4v) is 4.50. The van der Waals surface area contributed by atoms with Crippen LogP contribution in [0.5, 0.6) is 0 Å².